The summed E-state index contributed by atoms with van der Waals surface area (Å²) in [6.45, 7) is -0.268. The standard InChI is InChI=1S/C15H15N5O3/c1-19-9-16-18-14(19)10-2-4-11(5-3-10)17-12-8-13(22)20(6-7-21)15(12)23/h2-5,8-9,17,21H,6-7H2,1H3. The maximum atomic E-state index is 12.1. The number of anilines is 1. The van der Waals surface area contributed by atoms with E-state index in [1.165, 1.54) is 6.08 Å². The van der Waals surface area contributed by atoms with Gasteiger partial charge in [-0.3, -0.25) is 14.5 Å². The van der Waals surface area contributed by atoms with Crippen molar-refractivity contribution in [1.29, 1.82) is 0 Å². The zero-order chi connectivity index (χ0) is 16.4. The lowest BCUT2D eigenvalue weighted by Gasteiger charge is -2.13. The topological polar surface area (TPSA) is 100 Å². The van der Waals surface area contributed by atoms with E-state index in [0.717, 1.165) is 16.3 Å². The predicted octanol–water partition coefficient (Wildman–Crippen LogP) is 0.139. The highest BCUT2D eigenvalue weighted by molar-refractivity contribution is 6.17. The number of aliphatic hydroxyl groups excluding tert-OH is 1. The Balaban J connectivity index is 1.75. The van der Waals surface area contributed by atoms with Gasteiger partial charge in [0.15, 0.2) is 5.82 Å². The van der Waals surface area contributed by atoms with Crippen LogP contribution in [0.5, 0.6) is 0 Å². The Bertz CT molecular complexity index is 779. The first-order chi connectivity index (χ1) is 11.1. The molecule has 3 rings (SSSR count). The lowest BCUT2D eigenvalue weighted by atomic mass is 10.2. The van der Waals surface area contributed by atoms with Crippen LogP contribution in [0.4, 0.5) is 5.69 Å². The van der Waals surface area contributed by atoms with E-state index in [4.69, 9.17) is 5.11 Å². The van der Waals surface area contributed by atoms with E-state index in [9.17, 15) is 9.59 Å². The maximum Gasteiger partial charge on any atom is 0.277 e. The highest BCUT2D eigenvalue weighted by Crippen LogP contribution is 2.21. The van der Waals surface area contributed by atoms with Crippen LogP contribution in [-0.2, 0) is 16.6 Å². The van der Waals surface area contributed by atoms with Crippen molar-refractivity contribution < 1.29 is 14.7 Å². The number of hydrogen-bond donors (Lipinski definition) is 2. The Kier molecular flexibility index (Phi) is 3.90. The molecule has 0 atom stereocenters. The van der Waals surface area contributed by atoms with Gasteiger partial charge < -0.3 is 15.0 Å². The fourth-order valence-corrected chi connectivity index (χ4v) is 2.31. The van der Waals surface area contributed by atoms with Crippen LogP contribution >= 0.6 is 0 Å². The number of imide groups is 1. The number of aromatic nitrogens is 3. The van der Waals surface area contributed by atoms with Gasteiger partial charge in [0.05, 0.1) is 13.2 Å². The fraction of sp³-hybridized carbons (Fsp3) is 0.200. The number of nitrogens with zero attached hydrogens (tertiary/aromatic N) is 4. The molecule has 1 aromatic carbocycles. The molecule has 0 saturated heterocycles. The van der Waals surface area contributed by atoms with Crippen LogP contribution in [0.1, 0.15) is 0 Å². The minimum Gasteiger partial charge on any atom is -0.395 e. The molecule has 23 heavy (non-hydrogen) atoms. The van der Waals surface area contributed by atoms with E-state index >= 15 is 0 Å². The van der Waals surface area contributed by atoms with Gasteiger partial charge in [-0.05, 0) is 24.3 Å². The Hall–Kier alpha value is -3.00. The van der Waals surface area contributed by atoms with Crippen molar-refractivity contribution in [2.75, 3.05) is 18.5 Å². The number of rotatable bonds is 5. The molecule has 0 radical (unpaired) electrons. The third-order valence-electron chi connectivity index (χ3n) is 3.47. The molecule has 1 aromatic heterocycles. The number of hydrogen-bond acceptors (Lipinski definition) is 6. The minimum absolute atomic E-state index is 0.00948. The highest BCUT2D eigenvalue weighted by Gasteiger charge is 2.30. The zero-order valence-electron chi connectivity index (χ0n) is 12.4. The van der Waals surface area contributed by atoms with Crippen molar-refractivity contribution in [3.05, 3.63) is 42.4 Å². The average molecular weight is 313 g/mol. The summed E-state index contributed by atoms with van der Waals surface area (Å²) in [4.78, 5) is 24.7. The highest BCUT2D eigenvalue weighted by atomic mass is 16.3. The van der Waals surface area contributed by atoms with Gasteiger partial charge in [-0.15, -0.1) is 10.2 Å². The number of carbonyl (C=O) groups excluding carboxylic acids is 2. The van der Waals surface area contributed by atoms with Crippen molar-refractivity contribution in [2.45, 2.75) is 0 Å². The Morgan fingerprint density at radius 2 is 1.96 bits per heavy atom. The van der Waals surface area contributed by atoms with E-state index in [0.29, 0.717) is 5.69 Å². The Labute approximate surface area is 132 Å². The third-order valence-corrected chi connectivity index (χ3v) is 3.47. The normalized spacial score (nSPS) is 14.3. The Morgan fingerprint density at radius 3 is 2.57 bits per heavy atom. The van der Waals surface area contributed by atoms with Gasteiger partial charge in [0.2, 0.25) is 0 Å². The molecule has 0 spiro atoms. The number of nitrogens with one attached hydrogen (secondary N) is 1. The number of β-amino-alcohol motifs (C(OH)–C–C–N with tert-alkyl or cyclic N) is 1. The molecule has 8 heteroatoms. The van der Waals surface area contributed by atoms with Crippen molar-refractivity contribution >= 4 is 17.5 Å². The van der Waals surface area contributed by atoms with Crippen LogP contribution in [0.25, 0.3) is 11.4 Å². The van der Waals surface area contributed by atoms with Crippen molar-refractivity contribution in [3.8, 4) is 11.4 Å². The van der Waals surface area contributed by atoms with Crippen LogP contribution in [0.3, 0.4) is 0 Å². The molecule has 0 aliphatic carbocycles. The van der Waals surface area contributed by atoms with Crippen molar-refractivity contribution in [3.63, 3.8) is 0 Å². The second-order valence-corrected chi connectivity index (χ2v) is 5.04. The summed E-state index contributed by atoms with van der Waals surface area (Å²) in [5, 5.41) is 19.7. The minimum atomic E-state index is -0.443. The average Bonchev–Trinajstić information content (AvgIpc) is 3.07. The molecule has 8 nitrogen and oxygen atoms in total. The van der Waals surface area contributed by atoms with Gasteiger partial charge in [-0.25, -0.2) is 0 Å². The molecule has 1 aliphatic heterocycles. The van der Waals surface area contributed by atoms with Gasteiger partial charge in [-0.1, -0.05) is 0 Å². The van der Waals surface area contributed by atoms with E-state index in [-0.39, 0.29) is 18.8 Å². The molecule has 0 unspecified atom stereocenters. The zero-order valence-corrected chi connectivity index (χ0v) is 12.4. The summed E-state index contributed by atoms with van der Waals surface area (Å²) >= 11 is 0. The van der Waals surface area contributed by atoms with Crippen molar-refractivity contribution in [1.82, 2.24) is 19.7 Å². The first-order valence-corrected chi connectivity index (χ1v) is 7.00. The van der Waals surface area contributed by atoms with Crippen LogP contribution in [0.15, 0.2) is 42.4 Å². The van der Waals surface area contributed by atoms with E-state index in [2.05, 4.69) is 15.5 Å². The fourth-order valence-electron chi connectivity index (χ4n) is 2.31. The molecule has 1 aliphatic rings. The number of carbonyl (C=O) groups is 2. The summed E-state index contributed by atoms with van der Waals surface area (Å²) in [5.41, 5.74) is 1.75. The summed E-state index contributed by atoms with van der Waals surface area (Å²) in [6, 6.07) is 7.27. The predicted molar refractivity (Wildman–Crippen MR) is 82.0 cm³/mol. The number of amides is 2. The molecule has 0 saturated carbocycles. The lowest BCUT2D eigenvalue weighted by Crippen LogP contribution is -2.34. The molecule has 0 fully saturated rings. The molecule has 118 valence electrons. The summed E-state index contributed by atoms with van der Waals surface area (Å²) in [5.74, 6) is -0.138. The smallest absolute Gasteiger partial charge is 0.277 e. The van der Waals surface area contributed by atoms with Gasteiger partial charge in [0.1, 0.15) is 12.0 Å². The number of benzene rings is 1. The summed E-state index contributed by atoms with van der Waals surface area (Å²) < 4.78 is 1.80. The maximum absolute atomic E-state index is 12.1. The molecule has 2 N–H and O–H groups in total. The van der Waals surface area contributed by atoms with Crippen LogP contribution in [-0.4, -0.2) is 49.7 Å². The second kappa shape index (κ2) is 6.01. The monoisotopic (exact) mass is 313 g/mol. The van der Waals surface area contributed by atoms with Crippen LogP contribution in [0, 0.1) is 0 Å². The largest absolute Gasteiger partial charge is 0.395 e. The molecular formula is C15H15N5O3. The van der Waals surface area contributed by atoms with E-state index in [1.807, 2.05) is 19.2 Å². The van der Waals surface area contributed by atoms with Gasteiger partial charge in [0, 0.05) is 24.4 Å². The molecule has 0 bridgehead atoms. The lowest BCUT2D eigenvalue weighted by molar-refractivity contribution is -0.137. The second-order valence-electron chi connectivity index (χ2n) is 5.04. The van der Waals surface area contributed by atoms with E-state index in [1.54, 1.807) is 23.0 Å². The molecular weight excluding hydrogens is 298 g/mol. The molecule has 2 heterocycles. The first kappa shape index (κ1) is 14.9. The van der Waals surface area contributed by atoms with Crippen LogP contribution < -0.4 is 5.32 Å². The van der Waals surface area contributed by atoms with Crippen molar-refractivity contribution in [2.24, 2.45) is 7.05 Å². The quantitative estimate of drug-likeness (QED) is 0.762. The summed E-state index contributed by atoms with van der Waals surface area (Å²) in [7, 11) is 1.85. The van der Waals surface area contributed by atoms with E-state index < -0.39 is 11.8 Å². The van der Waals surface area contributed by atoms with Gasteiger partial charge in [0.25, 0.3) is 11.8 Å². The number of aliphatic hydroxyl groups is 1. The van der Waals surface area contributed by atoms with Gasteiger partial charge in [-0.2, -0.15) is 0 Å². The molecule has 2 aromatic rings. The SMILES string of the molecule is Cn1cnnc1-c1ccc(NC2=CC(=O)N(CCO)C2=O)cc1. The first-order valence-electron chi connectivity index (χ1n) is 7.00. The third kappa shape index (κ3) is 2.84. The number of aryl methyl sites for hydroxylation is 1. The molecule has 2 amide bonds. The Morgan fingerprint density at radius 1 is 1.22 bits per heavy atom. The summed E-state index contributed by atoms with van der Waals surface area (Å²) in [6.07, 6.45) is 2.85. The van der Waals surface area contributed by atoms with Gasteiger partial charge >= 0.3 is 0 Å². The van der Waals surface area contributed by atoms with Crippen LogP contribution in [0.2, 0.25) is 0 Å².